The Morgan fingerprint density at radius 2 is 2.06 bits per heavy atom. The highest BCUT2D eigenvalue weighted by Crippen LogP contribution is 2.18. The van der Waals surface area contributed by atoms with Gasteiger partial charge in [-0.05, 0) is 18.9 Å². The summed E-state index contributed by atoms with van der Waals surface area (Å²) in [5.41, 5.74) is 12.4. The van der Waals surface area contributed by atoms with Crippen molar-refractivity contribution in [3.63, 3.8) is 0 Å². The van der Waals surface area contributed by atoms with Crippen LogP contribution in [0.3, 0.4) is 0 Å². The highest BCUT2D eigenvalue weighted by Gasteiger charge is 2.29. The summed E-state index contributed by atoms with van der Waals surface area (Å²) in [5.74, 6) is 0.0252. The van der Waals surface area contributed by atoms with Gasteiger partial charge in [0.1, 0.15) is 0 Å². The van der Waals surface area contributed by atoms with E-state index in [-0.39, 0.29) is 12.2 Å². The Balaban J connectivity index is 2.83. The van der Waals surface area contributed by atoms with E-state index in [9.17, 15) is 4.79 Å². The largest absolute Gasteiger partial charge is 0.398 e. The van der Waals surface area contributed by atoms with Crippen molar-refractivity contribution < 1.29 is 4.79 Å². The second-order valence-electron chi connectivity index (χ2n) is 4.04. The van der Waals surface area contributed by atoms with Crippen molar-refractivity contribution in [3.8, 4) is 0 Å². The molecule has 0 aliphatic heterocycles. The minimum absolute atomic E-state index is 0.0252. The molecule has 0 unspecified atom stereocenters. The number of Topliss-reactive ketones (excluding diaryl/α,β-unsaturated/α-hetero) is 1. The highest BCUT2D eigenvalue weighted by molar-refractivity contribution is 5.90. The number of hydrogen-bond donors (Lipinski definition) is 2. The zero-order valence-electron chi connectivity index (χ0n) is 9.86. The maximum atomic E-state index is 12.0. The van der Waals surface area contributed by atoms with Gasteiger partial charge in [0, 0.05) is 30.1 Å². The molecule has 0 amide bonds. The number of carbonyl (C=O) groups excluding carboxylic acids is 1. The van der Waals surface area contributed by atoms with Gasteiger partial charge in [0.05, 0.1) is 5.54 Å². The summed E-state index contributed by atoms with van der Waals surface area (Å²) in [6, 6.07) is 1.69. The molecule has 1 aromatic heterocycles. The van der Waals surface area contributed by atoms with Gasteiger partial charge in [0.15, 0.2) is 5.78 Å². The fraction of sp³-hybridized carbons (Fsp3) is 0.500. The maximum absolute atomic E-state index is 12.0. The first-order valence-corrected chi connectivity index (χ1v) is 5.54. The lowest BCUT2D eigenvalue weighted by atomic mass is 9.86. The van der Waals surface area contributed by atoms with Gasteiger partial charge in [-0.3, -0.25) is 9.78 Å². The molecule has 1 rings (SSSR count). The molecular formula is C12H19N3O. The molecule has 0 atom stereocenters. The molecule has 4 nitrogen and oxygen atoms in total. The third kappa shape index (κ3) is 2.58. The summed E-state index contributed by atoms with van der Waals surface area (Å²) in [6.07, 6.45) is 4.78. The molecule has 88 valence electrons. The van der Waals surface area contributed by atoms with Crippen LogP contribution in [0.25, 0.3) is 0 Å². The maximum Gasteiger partial charge on any atom is 0.157 e. The van der Waals surface area contributed by atoms with Crippen molar-refractivity contribution in [2.24, 2.45) is 5.73 Å². The molecule has 0 saturated carbocycles. The molecule has 0 saturated heterocycles. The van der Waals surface area contributed by atoms with Gasteiger partial charge in [-0.2, -0.15) is 0 Å². The first-order valence-electron chi connectivity index (χ1n) is 5.54. The molecule has 1 aromatic rings. The normalized spacial score (nSPS) is 11.4. The van der Waals surface area contributed by atoms with Crippen LogP contribution >= 0.6 is 0 Å². The summed E-state index contributed by atoms with van der Waals surface area (Å²) < 4.78 is 0. The van der Waals surface area contributed by atoms with Crippen molar-refractivity contribution in [2.75, 3.05) is 5.73 Å². The second kappa shape index (κ2) is 5.07. The van der Waals surface area contributed by atoms with E-state index in [4.69, 9.17) is 11.5 Å². The van der Waals surface area contributed by atoms with Crippen LogP contribution in [0.15, 0.2) is 18.5 Å². The van der Waals surface area contributed by atoms with Crippen LogP contribution in [-0.4, -0.2) is 16.3 Å². The lowest BCUT2D eigenvalue weighted by Gasteiger charge is -2.25. The van der Waals surface area contributed by atoms with Gasteiger partial charge in [-0.1, -0.05) is 13.8 Å². The molecule has 0 fully saturated rings. The molecule has 0 aromatic carbocycles. The molecule has 0 aliphatic rings. The lowest BCUT2D eigenvalue weighted by Crippen LogP contribution is -2.47. The summed E-state index contributed by atoms with van der Waals surface area (Å²) in [7, 11) is 0. The molecule has 4 N–H and O–H groups in total. The van der Waals surface area contributed by atoms with Crippen molar-refractivity contribution in [1.29, 1.82) is 0 Å². The van der Waals surface area contributed by atoms with Crippen LogP contribution in [0.2, 0.25) is 0 Å². The van der Waals surface area contributed by atoms with Crippen LogP contribution in [0, 0.1) is 0 Å². The Hall–Kier alpha value is -1.42. The first-order chi connectivity index (χ1) is 7.53. The number of hydrogen-bond acceptors (Lipinski definition) is 4. The smallest absolute Gasteiger partial charge is 0.157 e. The molecule has 1 heterocycles. The van der Waals surface area contributed by atoms with Crippen LogP contribution in [0.5, 0.6) is 0 Å². The third-order valence-corrected chi connectivity index (χ3v) is 3.11. The minimum atomic E-state index is -0.734. The summed E-state index contributed by atoms with van der Waals surface area (Å²) in [5, 5.41) is 0. The van der Waals surface area contributed by atoms with Crippen LogP contribution in [-0.2, 0) is 11.2 Å². The zero-order chi connectivity index (χ0) is 12.2. The molecular weight excluding hydrogens is 202 g/mol. The predicted octanol–water partition coefficient (Wildman–Crippen LogP) is 1.29. The summed E-state index contributed by atoms with van der Waals surface area (Å²) >= 11 is 0. The van der Waals surface area contributed by atoms with E-state index < -0.39 is 5.54 Å². The van der Waals surface area contributed by atoms with Crippen molar-refractivity contribution in [1.82, 2.24) is 4.98 Å². The number of pyridine rings is 1. The SMILES string of the molecule is CCC(N)(CC)C(=O)Cc1cnccc1N. The van der Waals surface area contributed by atoms with E-state index in [2.05, 4.69) is 4.98 Å². The number of nitrogens with zero attached hydrogens (tertiary/aromatic N) is 1. The fourth-order valence-corrected chi connectivity index (χ4v) is 1.58. The second-order valence-corrected chi connectivity index (χ2v) is 4.04. The van der Waals surface area contributed by atoms with Gasteiger partial charge in [0.2, 0.25) is 0 Å². The number of nitrogen functional groups attached to an aromatic ring is 1. The van der Waals surface area contributed by atoms with Crippen LogP contribution < -0.4 is 11.5 Å². The minimum Gasteiger partial charge on any atom is -0.398 e. The number of rotatable bonds is 5. The van der Waals surface area contributed by atoms with E-state index in [0.717, 1.165) is 5.56 Å². The van der Waals surface area contributed by atoms with E-state index in [1.807, 2.05) is 13.8 Å². The number of nitrogens with two attached hydrogens (primary N) is 2. The molecule has 16 heavy (non-hydrogen) atoms. The number of carbonyl (C=O) groups is 1. The quantitative estimate of drug-likeness (QED) is 0.785. The summed E-state index contributed by atoms with van der Waals surface area (Å²) in [4.78, 5) is 16.0. The average Bonchev–Trinajstić information content (AvgIpc) is 2.31. The van der Waals surface area contributed by atoms with Crippen LogP contribution in [0.4, 0.5) is 5.69 Å². The Morgan fingerprint density at radius 1 is 1.44 bits per heavy atom. The zero-order valence-corrected chi connectivity index (χ0v) is 9.86. The van der Waals surface area contributed by atoms with Gasteiger partial charge < -0.3 is 11.5 Å². The van der Waals surface area contributed by atoms with E-state index in [1.165, 1.54) is 0 Å². The van der Waals surface area contributed by atoms with Crippen molar-refractivity contribution in [3.05, 3.63) is 24.0 Å². The van der Waals surface area contributed by atoms with E-state index >= 15 is 0 Å². The van der Waals surface area contributed by atoms with Crippen molar-refractivity contribution in [2.45, 2.75) is 38.6 Å². The highest BCUT2D eigenvalue weighted by atomic mass is 16.1. The topological polar surface area (TPSA) is 82.0 Å². The molecule has 0 aliphatic carbocycles. The standard InChI is InChI=1S/C12H19N3O/c1-3-12(14,4-2)11(16)7-9-8-15-6-5-10(9)13/h5-6,8H,3-4,7,14H2,1-2H3,(H2,13,15). The number of anilines is 1. The van der Waals surface area contributed by atoms with E-state index in [1.54, 1.807) is 18.5 Å². The molecule has 4 heteroatoms. The van der Waals surface area contributed by atoms with E-state index in [0.29, 0.717) is 18.5 Å². The molecule has 0 radical (unpaired) electrons. The lowest BCUT2D eigenvalue weighted by molar-refractivity contribution is -0.123. The molecule has 0 bridgehead atoms. The Morgan fingerprint density at radius 3 is 2.56 bits per heavy atom. The monoisotopic (exact) mass is 221 g/mol. The van der Waals surface area contributed by atoms with Crippen LogP contribution in [0.1, 0.15) is 32.3 Å². The predicted molar refractivity (Wildman–Crippen MR) is 64.9 cm³/mol. The summed E-state index contributed by atoms with van der Waals surface area (Å²) in [6.45, 7) is 3.85. The Labute approximate surface area is 96.0 Å². The Kier molecular flexibility index (Phi) is 4.01. The number of aromatic nitrogens is 1. The Bertz CT molecular complexity index is 372. The van der Waals surface area contributed by atoms with Crippen molar-refractivity contribution >= 4 is 11.5 Å². The molecule has 0 spiro atoms. The van der Waals surface area contributed by atoms with Gasteiger partial charge in [-0.25, -0.2) is 0 Å². The van der Waals surface area contributed by atoms with Gasteiger partial charge >= 0.3 is 0 Å². The van der Waals surface area contributed by atoms with Gasteiger partial charge in [0.25, 0.3) is 0 Å². The van der Waals surface area contributed by atoms with Gasteiger partial charge in [-0.15, -0.1) is 0 Å². The average molecular weight is 221 g/mol. The number of ketones is 1. The fourth-order valence-electron chi connectivity index (χ4n) is 1.58. The third-order valence-electron chi connectivity index (χ3n) is 3.11. The first kappa shape index (κ1) is 12.6.